The van der Waals surface area contributed by atoms with Gasteiger partial charge in [0.15, 0.2) is 0 Å². The van der Waals surface area contributed by atoms with Crippen LogP contribution in [0.4, 0.5) is 4.39 Å². The highest BCUT2D eigenvalue weighted by molar-refractivity contribution is 5.43. The second-order valence-electron chi connectivity index (χ2n) is 6.73. The fourth-order valence-electron chi connectivity index (χ4n) is 3.56. The van der Waals surface area contributed by atoms with Gasteiger partial charge in [0.05, 0.1) is 5.69 Å². The van der Waals surface area contributed by atoms with Crippen molar-refractivity contribution in [1.29, 1.82) is 0 Å². The van der Waals surface area contributed by atoms with Crippen molar-refractivity contribution in [3.8, 4) is 5.69 Å². The Morgan fingerprint density at radius 1 is 1.04 bits per heavy atom. The normalized spacial score (nSPS) is 19.0. The number of nitrogens with zero attached hydrogens (tertiary/aromatic N) is 2. The van der Waals surface area contributed by atoms with Crippen molar-refractivity contribution < 1.29 is 4.39 Å². The molecule has 0 N–H and O–H groups in total. The Morgan fingerprint density at radius 2 is 1.80 bits per heavy atom. The van der Waals surface area contributed by atoms with Gasteiger partial charge in [-0.15, -0.1) is 0 Å². The first-order valence-electron chi connectivity index (χ1n) is 8.45. The minimum absolute atomic E-state index is 0.0314. The van der Waals surface area contributed by atoms with Crippen LogP contribution in [0.15, 0.2) is 59.7 Å². The number of benzene rings is 1. The van der Waals surface area contributed by atoms with Gasteiger partial charge in [-0.1, -0.05) is 18.2 Å². The molecule has 2 aromatic heterocycles. The molecule has 1 saturated carbocycles. The lowest BCUT2D eigenvalue weighted by Crippen LogP contribution is -2.24. The Bertz CT molecular complexity index is 992. The molecule has 2 heterocycles. The zero-order valence-electron chi connectivity index (χ0n) is 14.2. The molecule has 3 aromatic rings. The van der Waals surface area contributed by atoms with Crippen LogP contribution in [0, 0.1) is 19.7 Å². The molecule has 1 fully saturated rings. The van der Waals surface area contributed by atoms with Crippen LogP contribution < -0.4 is 5.56 Å². The van der Waals surface area contributed by atoms with E-state index >= 15 is 0 Å². The van der Waals surface area contributed by atoms with E-state index < -0.39 is 0 Å². The summed E-state index contributed by atoms with van der Waals surface area (Å²) in [6.45, 7) is 3.90. The van der Waals surface area contributed by atoms with Crippen LogP contribution in [0.5, 0.6) is 0 Å². The van der Waals surface area contributed by atoms with Crippen molar-refractivity contribution in [3.63, 3.8) is 0 Å². The third-order valence-electron chi connectivity index (χ3n) is 5.03. The SMILES string of the molecule is Cc1cnccc1-n1c(C)ccc([C@H]2C[C@@H]2c2ccc(F)cc2)c1=O. The molecule has 0 amide bonds. The summed E-state index contributed by atoms with van der Waals surface area (Å²) in [5.74, 6) is 0.266. The van der Waals surface area contributed by atoms with E-state index in [2.05, 4.69) is 4.98 Å². The number of hydrogen-bond acceptors (Lipinski definition) is 2. The molecular weight excluding hydrogens is 315 g/mol. The highest BCUT2D eigenvalue weighted by atomic mass is 19.1. The van der Waals surface area contributed by atoms with E-state index in [9.17, 15) is 9.18 Å². The number of halogens is 1. The maximum Gasteiger partial charge on any atom is 0.258 e. The van der Waals surface area contributed by atoms with E-state index in [0.717, 1.165) is 34.5 Å². The first-order valence-corrected chi connectivity index (χ1v) is 8.45. The topological polar surface area (TPSA) is 34.9 Å². The molecule has 25 heavy (non-hydrogen) atoms. The standard InChI is InChI=1S/C21H19FN2O/c1-13-12-23-10-9-20(13)24-14(2)3-8-17(21(24)25)19-11-18(19)15-4-6-16(22)7-5-15/h3-10,12,18-19H,11H2,1-2H3/t18-,19-/m1/s1. The van der Waals surface area contributed by atoms with Crippen LogP contribution in [0.3, 0.4) is 0 Å². The van der Waals surface area contributed by atoms with E-state index in [1.54, 1.807) is 17.0 Å². The smallest absolute Gasteiger partial charge is 0.258 e. The van der Waals surface area contributed by atoms with Crippen molar-refractivity contribution in [2.45, 2.75) is 32.1 Å². The van der Waals surface area contributed by atoms with Crippen LogP contribution in [-0.4, -0.2) is 9.55 Å². The molecule has 2 atom stereocenters. The summed E-state index contributed by atoms with van der Waals surface area (Å²) in [5.41, 5.74) is 4.70. The summed E-state index contributed by atoms with van der Waals surface area (Å²) in [4.78, 5) is 17.2. The quantitative estimate of drug-likeness (QED) is 0.717. The van der Waals surface area contributed by atoms with Crippen molar-refractivity contribution in [3.05, 3.63) is 93.4 Å². The molecule has 3 nitrogen and oxygen atoms in total. The third-order valence-corrected chi connectivity index (χ3v) is 5.03. The minimum Gasteiger partial charge on any atom is -0.281 e. The fraction of sp³-hybridized carbons (Fsp3) is 0.238. The van der Waals surface area contributed by atoms with Gasteiger partial charge in [-0.3, -0.25) is 14.3 Å². The number of hydrogen-bond donors (Lipinski definition) is 0. The van der Waals surface area contributed by atoms with Gasteiger partial charge in [-0.05, 0) is 67.5 Å². The summed E-state index contributed by atoms with van der Waals surface area (Å²) in [7, 11) is 0. The van der Waals surface area contributed by atoms with Crippen LogP contribution in [0.25, 0.3) is 5.69 Å². The van der Waals surface area contributed by atoms with E-state index in [4.69, 9.17) is 0 Å². The predicted octanol–water partition coefficient (Wildman–Crippen LogP) is 4.26. The van der Waals surface area contributed by atoms with Crippen LogP contribution in [0.1, 0.15) is 40.6 Å². The Labute approximate surface area is 145 Å². The van der Waals surface area contributed by atoms with Crippen molar-refractivity contribution in [2.24, 2.45) is 0 Å². The van der Waals surface area contributed by atoms with Crippen molar-refractivity contribution in [1.82, 2.24) is 9.55 Å². The largest absolute Gasteiger partial charge is 0.281 e. The Kier molecular flexibility index (Phi) is 3.75. The summed E-state index contributed by atoms with van der Waals surface area (Å²) in [5, 5.41) is 0. The molecule has 0 unspecified atom stereocenters. The fourth-order valence-corrected chi connectivity index (χ4v) is 3.56. The summed E-state index contributed by atoms with van der Waals surface area (Å²) in [6, 6.07) is 12.4. The van der Waals surface area contributed by atoms with Crippen molar-refractivity contribution >= 4 is 0 Å². The summed E-state index contributed by atoms with van der Waals surface area (Å²) >= 11 is 0. The molecule has 1 aliphatic rings. The van der Waals surface area contributed by atoms with Gasteiger partial charge < -0.3 is 0 Å². The molecule has 126 valence electrons. The maximum absolute atomic E-state index is 13.1. The lowest BCUT2D eigenvalue weighted by Gasteiger charge is -2.14. The molecule has 0 aliphatic heterocycles. The molecular formula is C21H19FN2O. The second-order valence-corrected chi connectivity index (χ2v) is 6.73. The second kappa shape index (κ2) is 5.96. The van der Waals surface area contributed by atoms with Crippen molar-refractivity contribution in [2.75, 3.05) is 0 Å². The molecule has 0 saturated heterocycles. The first-order chi connectivity index (χ1) is 12.1. The summed E-state index contributed by atoms with van der Waals surface area (Å²) in [6.07, 6.45) is 4.41. The van der Waals surface area contributed by atoms with Crippen LogP contribution in [0.2, 0.25) is 0 Å². The summed E-state index contributed by atoms with van der Waals surface area (Å²) < 4.78 is 14.9. The van der Waals surface area contributed by atoms with Gasteiger partial charge in [0.1, 0.15) is 5.82 Å². The van der Waals surface area contributed by atoms with Gasteiger partial charge in [-0.25, -0.2) is 4.39 Å². The van der Waals surface area contributed by atoms with E-state index in [0.29, 0.717) is 5.92 Å². The lowest BCUT2D eigenvalue weighted by atomic mass is 10.0. The van der Waals surface area contributed by atoms with Crippen LogP contribution in [-0.2, 0) is 0 Å². The van der Waals surface area contributed by atoms with Gasteiger partial charge in [0.2, 0.25) is 0 Å². The molecule has 4 rings (SSSR count). The van der Waals surface area contributed by atoms with E-state index in [1.165, 1.54) is 12.1 Å². The highest BCUT2D eigenvalue weighted by Gasteiger charge is 2.41. The predicted molar refractivity (Wildman–Crippen MR) is 95.8 cm³/mol. The maximum atomic E-state index is 13.1. The monoisotopic (exact) mass is 334 g/mol. The Balaban J connectivity index is 1.74. The third kappa shape index (κ3) is 2.78. The molecule has 1 aliphatic carbocycles. The van der Waals surface area contributed by atoms with Gasteiger partial charge in [0.25, 0.3) is 5.56 Å². The number of rotatable bonds is 3. The number of aromatic nitrogens is 2. The first kappa shape index (κ1) is 15.8. The Morgan fingerprint density at radius 3 is 2.52 bits per heavy atom. The van der Waals surface area contributed by atoms with E-state index in [1.807, 2.05) is 44.2 Å². The van der Waals surface area contributed by atoms with Gasteiger partial charge in [0, 0.05) is 23.7 Å². The van der Waals surface area contributed by atoms with Gasteiger partial charge >= 0.3 is 0 Å². The number of pyridine rings is 2. The molecule has 0 radical (unpaired) electrons. The average molecular weight is 334 g/mol. The zero-order valence-corrected chi connectivity index (χ0v) is 14.2. The lowest BCUT2D eigenvalue weighted by molar-refractivity contribution is 0.627. The molecule has 0 bridgehead atoms. The highest BCUT2D eigenvalue weighted by Crippen LogP contribution is 2.53. The Hall–Kier alpha value is -2.75. The average Bonchev–Trinajstić information content (AvgIpc) is 3.38. The van der Waals surface area contributed by atoms with Gasteiger partial charge in [-0.2, -0.15) is 0 Å². The molecule has 1 aromatic carbocycles. The van der Waals surface area contributed by atoms with Crippen LogP contribution >= 0.6 is 0 Å². The minimum atomic E-state index is -0.230. The zero-order chi connectivity index (χ0) is 17.6. The molecule has 4 heteroatoms. The van der Waals surface area contributed by atoms with E-state index in [-0.39, 0.29) is 17.3 Å². The molecule has 0 spiro atoms. The number of aryl methyl sites for hydroxylation is 2.